The third kappa shape index (κ3) is 2.12. The van der Waals surface area contributed by atoms with Crippen LogP contribution in [0.3, 0.4) is 0 Å². The van der Waals surface area contributed by atoms with Gasteiger partial charge in [0.25, 0.3) is 0 Å². The van der Waals surface area contributed by atoms with Crippen molar-refractivity contribution in [2.45, 2.75) is 19.6 Å². The predicted molar refractivity (Wildman–Crippen MR) is 58.4 cm³/mol. The number of aliphatic hydroxyl groups is 1. The minimum Gasteiger partial charge on any atom is -0.384 e. The van der Waals surface area contributed by atoms with Crippen LogP contribution < -0.4 is 0 Å². The van der Waals surface area contributed by atoms with E-state index in [-0.39, 0.29) is 5.82 Å². The third-order valence-corrected chi connectivity index (χ3v) is 2.46. The molecule has 84 valence electrons. The topological polar surface area (TPSA) is 38.0 Å². The molecule has 1 heterocycles. The smallest absolute Gasteiger partial charge is 0.123 e. The Hall–Kier alpha value is -1.68. The molecule has 0 spiro atoms. The normalized spacial score (nSPS) is 12.7. The fourth-order valence-corrected chi connectivity index (χ4v) is 1.56. The Bertz CT molecular complexity index is 481. The van der Waals surface area contributed by atoms with Crippen LogP contribution >= 0.6 is 0 Å². The number of benzene rings is 1. The van der Waals surface area contributed by atoms with Gasteiger partial charge < -0.3 is 5.11 Å². The summed E-state index contributed by atoms with van der Waals surface area (Å²) in [5, 5.41) is 14.1. The first-order valence-corrected chi connectivity index (χ1v) is 5.16. The number of hydrogen-bond donors (Lipinski definition) is 1. The van der Waals surface area contributed by atoms with Crippen LogP contribution in [0.5, 0.6) is 0 Å². The van der Waals surface area contributed by atoms with E-state index < -0.39 is 6.10 Å². The number of rotatable bonds is 3. The molecule has 16 heavy (non-hydrogen) atoms. The van der Waals surface area contributed by atoms with Gasteiger partial charge in [0.15, 0.2) is 0 Å². The second kappa shape index (κ2) is 4.45. The minimum absolute atomic E-state index is 0.348. The van der Waals surface area contributed by atoms with Crippen LogP contribution in [0.25, 0.3) is 0 Å². The van der Waals surface area contributed by atoms with E-state index in [0.717, 1.165) is 6.54 Å². The first-order chi connectivity index (χ1) is 7.70. The molecule has 0 fully saturated rings. The average Bonchev–Trinajstić information content (AvgIpc) is 2.76. The Balaban J connectivity index is 2.27. The van der Waals surface area contributed by atoms with Gasteiger partial charge in [-0.1, -0.05) is 12.1 Å². The lowest BCUT2D eigenvalue weighted by molar-refractivity contribution is 0.219. The summed E-state index contributed by atoms with van der Waals surface area (Å²) in [4.78, 5) is 0. The van der Waals surface area contributed by atoms with Gasteiger partial charge in [0.1, 0.15) is 11.9 Å². The number of hydrogen-bond acceptors (Lipinski definition) is 2. The van der Waals surface area contributed by atoms with Gasteiger partial charge in [-0.25, -0.2) is 4.39 Å². The fraction of sp³-hybridized carbons (Fsp3) is 0.250. The molecule has 0 saturated carbocycles. The SMILES string of the molecule is CCn1cc(C(O)c2cccc(F)c2)cn1. The first kappa shape index (κ1) is 10.8. The summed E-state index contributed by atoms with van der Waals surface area (Å²) < 4.78 is 14.7. The largest absolute Gasteiger partial charge is 0.384 e. The highest BCUT2D eigenvalue weighted by atomic mass is 19.1. The highest BCUT2D eigenvalue weighted by Gasteiger charge is 2.12. The number of nitrogens with zero attached hydrogens (tertiary/aromatic N) is 2. The number of aliphatic hydroxyl groups excluding tert-OH is 1. The lowest BCUT2D eigenvalue weighted by Gasteiger charge is -2.08. The summed E-state index contributed by atoms with van der Waals surface area (Å²) in [5.74, 6) is -0.348. The monoisotopic (exact) mass is 220 g/mol. The van der Waals surface area contributed by atoms with Crippen molar-refractivity contribution in [1.29, 1.82) is 0 Å². The van der Waals surface area contributed by atoms with Gasteiger partial charge in [-0.05, 0) is 24.6 Å². The molecule has 0 saturated heterocycles. The van der Waals surface area contributed by atoms with Gasteiger partial charge in [0.05, 0.1) is 6.20 Å². The summed E-state index contributed by atoms with van der Waals surface area (Å²) in [5.41, 5.74) is 1.21. The fourth-order valence-electron chi connectivity index (χ4n) is 1.56. The predicted octanol–water partition coefficient (Wildman–Crippen LogP) is 2.12. The Morgan fingerprint density at radius 3 is 2.88 bits per heavy atom. The van der Waals surface area contributed by atoms with Crippen molar-refractivity contribution >= 4 is 0 Å². The van der Waals surface area contributed by atoms with E-state index in [1.807, 2.05) is 6.92 Å². The number of halogens is 1. The van der Waals surface area contributed by atoms with E-state index in [9.17, 15) is 9.50 Å². The molecule has 0 radical (unpaired) electrons. The zero-order valence-corrected chi connectivity index (χ0v) is 8.97. The summed E-state index contributed by atoms with van der Waals surface area (Å²) in [6, 6.07) is 5.95. The van der Waals surface area contributed by atoms with Gasteiger partial charge in [-0.3, -0.25) is 4.68 Å². The van der Waals surface area contributed by atoms with Crippen LogP contribution in [0.15, 0.2) is 36.7 Å². The number of aromatic nitrogens is 2. The van der Waals surface area contributed by atoms with Crippen LogP contribution in [-0.4, -0.2) is 14.9 Å². The highest BCUT2D eigenvalue weighted by Crippen LogP contribution is 2.21. The van der Waals surface area contributed by atoms with Crippen LogP contribution in [0.4, 0.5) is 4.39 Å². The van der Waals surface area contributed by atoms with Crippen molar-refractivity contribution in [1.82, 2.24) is 9.78 Å². The van der Waals surface area contributed by atoms with Gasteiger partial charge in [-0.2, -0.15) is 5.10 Å². The van der Waals surface area contributed by atoms with E-state index in [2.05, 4.69) is 5.10 Å². The Labute approximate surface area is 93.2 Å². The molecule has 1 unspecified atom stereocenters. The van der Waals surface area contributed by atoms with Gasteiger partial charge in [-0.15, -0.1) is 0 Å². The van der Waals surface area contributed by atoms with E-state index >= 15 is 0 Å². The Morgan fingerprint density at radius 1 is 1.44 bits per heavy atom. The maximum Gasteiger partial charge on any atom is 0.123 e. The molecule has 2 aromatic rings. The molecule has 0 aliphatic rings. The van der Waals surface area contributed by atoms with Crippen LogP contribution in [-0.2, 0) is 6.54 Å². The molecule has 0 aliphatic carbocycles. The van der Waals surface area contributed by atoms with Crippen molar-refractivity contribution in [2.75, 3.05) is 0 Å². The molecule has 1 atom stereocenters. The zero-order valence-electron chi connectivity index (χ0n) is 8.97. The standard InChI is InChI=1S/C12H13FN2O/c1-2-15-8-10(7-14-15)12(16)9-4-3-5-11(13)6-9/h3-8,12,16H,2H2,1H3. The van der Waals surface area contributed by atoms with E-state index in [0.29, 0.717) is 11.1 Å². The van der Waals surface area contributed by atoms with Crippen molar-refractivity contribution in [3.63, 3.8) is 0 Å². The molecular formula is C12H13FN2O. The van der Waals surface area contributed by atoms with Crippen molar-refractivity contribution in [2.24, 2.45) is 0 Å². The molecule has 1 aromatic carbocycles. The highest BCUT2D eigenvalue weighted by molar-refractivity contribution is 5.27. The lowest BCUT2D eigenvalue weighted by atomic mass is 10.0. The van der Waals surface area contributed by atoms with Gasteiger partial charge in [0.2, 0.25) is 0 Å². The number of aryl methyl sites for hydroxylation is 1. The molecule has 0 amide bonds. The zero-order chi connectivity index (χ0) is 11.5. The van der Waals surface area contributed by atoms with E-state index in [1.165, 1.54) is 12.1 Å². The summed E-state index contributed by atoms with van der Waals surface area (Å²) in [6.07, 6.45) is 2.53. The van der Waals surface area contributed by atoms with Crippen LogP contribution in [0.1, 0.15) is 24.2 Å². The van der Waals surface area contributed by atoms with Crippen molar-refractivity contribution < 1.29 is 9.50 Å². The van der Waals surface area contributed by atoms with Crippen molar-refractivity contribution in [3.05, 3.63) is 53.6 Å². The average molecular weight is 220 g/mol. The Kier molecular flexibility index (Phi) is 3.01. The summed E-state index contributed by atoms with van der Waals surface area (Å²) in [7, 11) is 0. The molecule has 4 heteroatoms. The quantitative estimate of drug-likeness (QED) is 0.860. The second-order valence-corrected chi connectivity index (χ2v) is 3.59. The van der Waals surface area contributed by atoms with E-state index in [1.54, 1.807) is 29.2 Å². The molecule has 1 aromatic heterocycles. The maximum absolute atomic E-state index is 13.0. The molecule has 0 bridgehead atoms. The maximum atomic E-state index is 13.0. The minimum atomic E-state index is -0.823. The first-order valence-electron chi connectivity index (χ1n) is 5.16. The second-order valence-electron chi connectivity index (χ2n) is 3.59. The van der Waals surface area contributed by atoms with Gasteiger partial charge >= 0.3 is 0 Å². The summed E-state index contributed by atoms with van der Waals surface area (Å²) >= 11 is 0. The molecule has 2 rings (SSSR count). The molecule has 3 nitrogen and oxygen atoms in total. The van der Waals surface area contributed by atoms with E-state index in [4.69, 9.17) is 0 Å². The molecule has 0 aliphatic heterocycles. The summed E-state index contributed by atoms with van der Waals surface area (Å²) in [6.45, 7) is 2.71. The Morgan fingerprint density at radius 2 is 2.25 bits per heavy atom. The van der Waals surface area contributed by atoms with Crippen LogP contribution in [0.2, 0.25) is 0 Å². The van der Waals surface area contributed by atoms with Gasteiger partial charge in [0, 0.05) is 18.3 Å². The molecular weight excluding hydrogens is 207 g/mol. The van der Waals surface area contributed by atoms with Crippen molar-refractivity contribution in [3.8, 4) is 0 Å². The van der Waals surface area contributed by atoms with Crippen LogP contribution in [0, 0.1) is 5.82 Å². The third-order valence-electron chi connectivity index (χ3n) is 2.46. The molecule has 1 N–H and O–H groups in total. The lowest BCUT2D eigenvalue weighted by Crippen LogP contribution is -1.99.